The Bertz CT molecular complexity index is 1230. The maximum Gasteiger partial charge on any atom is 0.416 e. The SMILES string of the molecule is CC(NC(=O)c1cc(Br)cc(C(F)(F)F)c1)c1nccnc1-c1cn(CC(F)F)c(=O)cn1. The number of benzene rings is 1. The first kappa shape index (κ1) is 24.4. The average Bonchev–Trinajstić information content (AvgIpc) is 2.74. The topological polar surface area (TPSA) is 89.8 Å². The van der Waals surface area contributed by atoms with Crippen LogP contribution in [0.3, 0.4) is 0 Å². The van der Waals surface area contributed by atoms with Crippen molar-refractivity contribution in [2.45, 2.75) is 32.1 Å². The van der Waals surface area contributed by atoms with Crippen LogP contribution in [-0.2, 0) is 12.7 Å². The van der Waals surface area contributed by atoms with Gasteiger partial charge in [0.05, 0.1) is 30.0 Å². The van der Waals surface area contributed by atoms with Gasteiger partial charge in [-0.1, -0.05) is 15.9 Å². The molecule has 1 aromatic carbocycles. The molecule has 2 heterocycles. The maximum atomic E-state index is 13.1. The van der Waals surface area contributed by atoms with Gasteiger partial charge in [-0.15, -0.1) is 0 Å². The van der Waals surface area contributed by atoms with Crippen LogP contribution < -0.4 is 10.9 Å². The number of amides is 1. The summed E-state index contributed by atoms with van der Waals surface area (Å²) in [6.45, 7) is 0.671. The number of nitrogens with one attached hydrogen (secondary N) is 1. The van der Waals surface area contributed by atoms with Crippen LogP contribution in [0.4, 0.5) is 22.0 Å². The second-order valence-corrected chi connectivity index (χ2v) is 7.78. The van der Waals surface area contributed by atoms with E-state index in [1.54, 1.807) is 0 Å². The summed E-state index contributed by atoms with van der Waals surface area (Å²) in [5, 5.41) is 2.54. The van der Waals surface area contributed by atoms with Crippen molar-refractivity contribution in [1.82, 2.24) is 24.8 Å². The van der Waals surface area contributed by atoms with E-state index in [-0.39, 0.29) is 27.1 Å². The molecule has 1 unspecified atom stereocenters. The van der Waals surface area contributed by atoms with Gasteiger partial charge in [0.1, 0.15) is 11.4 Å². The fourth-order valence-corrected chi connectivity index (χ4v) is 3.45. The zero-order valence-corrected chi connectivity index (χ0v) is 18.4. The Kier molecular flexibility index (Phi) is 7.20. The minimum Gasteiger partial charge on any atom is -0.344 e. The van der Waals surface area contributed by atoms with Gasteiger partial charge in [-0.2, -0.15) is 13.2 Å². The molecule has 3 aromatic rings. The molecule has 2 aromatic heterocycles. The van der Waals surface area contributed by atoms with Crippen molar-refractivity contribution < 1.29 is 26.7 Å². The van der Waals surface area contributed by atoms with Crippen LogP contribution in [0.2, 0.25) is 0 Å². The molecule has 0 aliphatic rings. The highest BCUT2D eigenvalue weighted by molar-refractivity contribution is 9.10. The van der Waals surface area contributed by atoms with Gasteiger partial charge in [0.2, 0.25) is 0 Å². The molecule has 0 spiro atoms. The second-order valence-electron chi connectivity index (χ2n) is 6.87. The monoisotopic (exact) mass is 531 g/mol. The summed E-state index contributed by atoms with van der Waals surface area (Å²) in [6, 6.07) is 1.94. The molecule has 13 heteroatoms. The molecule has 0 saturated heterocycles. The van der Waals surface area contributed by atoms with Crippen LogP contribution in [0.25, 0.3) is 11.4 Å². The minimum atomic E-state index is -4.64. The van der Waals surface area contributed by atoms with Crippen molar-refractivity contribution in [3.8, 4) is 11.4 Å². The summed E-state index contributed by atoms with van der Waals surface area (Å²) in [6.07, 6.45) is -2.83. The minimum absolute atomic E-state index is 0.0567. The van der Waals surface area contributed by atoms with Gasteiger partial charge in [0.25, 0.3) is 17.9 Å². The molecule has 0 saturated carbocycles. The van der Waals surface area contributed by atoms with E-state index in [1.807, 2.05) is 0 Å². The van der Waals surface area contributed by atoms with Crippen LogP contribution in [0.15, 0.2) is 52.3 Å². The van der Waals surface area contributed by atoms with Crippen molar-refractivity contribution in [3.63, 3.8) is 0 Å². The summed E-state index contributed by atoms with van der Waals surface area (Å²) < 4.78 is 65.6. The predicted octanol–water partition coefficient (Wildman–Crippen LogP) is 4.24. The molecule has 0 radical (unpaired) electrons. The molecule has 0 aliphatic carbocycles. The van der Waals surface area contributed by atoms with Crippen LogP contribution in [0, 0.1) is 0 Å². The molecule has 0 aliphatic heterocycles. The number of nitrogens with zero attached hydrogens (tertiary/aromatic N) is 4. The van der Waals surface area contributed by atoms with Crippen LogP contribution in [0.1, 0.15) is 34.6 Å². The number of rotatable bonds is 6. The summed E-state index contributed by atoms with van der Waals surface area (Å²) >= 11 is 2.96. The summed E-state index contributed by atoms with van der Waals surface area (Å²) in [5.41, 5.74) is -1.63. The van der Waals surface area contributed by atoms with E-state index < -0.39 is 42.2 Å². The predicted molar refractivity (Wildman–Crippen MR) is 111 cm³/mol. The molecule has 0 bridgehead atoms. The highest BCUT2D eigenvalue weighted by Gasteiger charge is 2.32. The van der Waals surface area contributed by atoms with Gasteiger partial charge < -0.3 is 9.88 Å². The molecule has 1 atom stereocenters. The third-order valence-electron chi connectivity index (χ3n) is 4.42. The second kappa shape index (κ2) is 9.73. The summed E-state index contributed by atoms with van der Waals surface area (Å²) in [4.78, 5) is 36.6. The van der Waals surface area contributed by atoms with Crippen molar-refractivity contribution >= 4 is 21.8 Å². The van der Waals surface area contributed by atoms with Crippen molar-refractivity contribution in [2.75, 3.05) is 0 Å². The maximum absolute atomic E-state index is 13.1. The highest BCUT2D eigenvalue weighted by Crippen LogP contribution is 2.32. The van der Waals surface area contributed by atoms with Crippen LogP contribution >= 0.6 is 15.9 Å². The van der Waals surface area contributed by atoms with E-state index in [4.69, 9.17) is 0 Å². The van der Waals surface area contributed by atoms with E-state index in [0.717, 1.165) is 23.0 Å². The Hall–Kier alpha value is -3.22. The number of hydrogen-bond donors (Lipinski definition) is 1. The van der Waals surface area contributed by atoms with E-state index in [2.05, 4.69) is 36.2 Å². The zero-order valence-electron chi connectivity index (χ0n) is 16.8. The Labute approximate surface area is 191 Å². The average molecular weight is 532 g/mol. The van der Waals surface area contributed by atoms with Crippen LogP contribution in [0.5, 0.6) is 0 Å². The number of hydrogen-bond acceptors (Lipinski definition) is 5. The lowest BCUT2D eigenvalue weighted by atomic mass is 10.1. The lowest BCUT2D eigenvalue weighted by Crippen LogP contribution is -2.28. The number of carbonyl (C=O) groups excluding carboxylic acids is 1. The largest absolute Gasteiger partial charge is 0.416 e. The highest BCUT2D eigenvalue weighted by atomic mass is 79.9. The fourth-order valence-electron chi connectivity index (χ4n) is 2.95. The fraction of sp³-hybridized carbons (Fsp3) is 0.250. The van der Waals surface area contributed by atoms with E-state index in [0.29, 0.717) is 6.07 Å². The molecular formula is C20H15BrF5N5O2. The third-order valence-corrected chi connectivity index (χ3v) is 4.88. The first-order valence-corrected chi connectivity index (χ1v) is 10.1. The van der Waals surface area contributed by atoms with Crippen LogP contribution in [-0.4, -0.2) is 31.9 Å². The van der Waals surface area contributed by atoms with Gasteiger partial charge in [-0.3, -0.25) is 19.6 Å². The van der Waals surface area contributed by atoms with Gasteiger partial charge in [0.15, 0.2) is 0 Å². The lowest BCUT2D eigenvalue weighted by molar-refractivity contribution is -0.137. The quantitative estimate of drug-likeness (QED) is 0.480. The molecule has 174 valence electrons. The Balaban J connectivity index is 1.92. The molecule has 7 nitrogen and oxygen atoms in total. The molecule has 1 amide bonds. The first-order chi connectivity index (χ1) is 15.5. The van der Waals surface area contributed by atoms with Crippen molar-refractivity contribution in [2.24, 2.45) is 0 Å². The first-order valence-electron chi connectivity index (χ1n) is 9.30. The Morgan fingerprint density at radius 2 is 1.85 bits per heavy atom. The Morgan fingerprint density at radius 3 is 2.52 bits per heavy atom. The molecule has 33 heavy (non-hydrogen) atoms. The van der Waals surface area contributed by atoms with Crippen molar-refractivity contribution in [3.05, 3.63) is 74.6 Å². The Morgan fingerprint density at radius 1 is 1.15 bits per heavy atom. The smallest absolute Gasteiger partial charge is 0.344 e. The lowest BCUT2D eigenvalue weighted by Gasteiger charge is -2.17. The van der Waals surface area contributed by atoms with Gasteiger partial charge in [0, 0.05) is 28.6 Å². The number of halogens is 6. The summed E-state index contributed by atoms with van der Waals surface area (Å²) in [7, 11) is 0. The normalized spacial score (nSPS) is 12.6. The number of carbonyl (C=O) groups is 1. The molecule has 0 fully saturated rings. The van der Waals surface area contributed by atoms with Crippen molar-refractivity contribution in [1.29, 1.82) is 0 Å². The molecule has 3 rings (SSSR count). The summed E-state index contributed by atoms with van der Waals surface area (Å²) in [5.74, 6) is -0.804. The number of aromatic nitrogens is 4. The van der Waals surface area contributed by atoms with Gasteiger partial charge in [-0.25, -0.2) is 13.8 Å². The standard InChI is InChI=1S/C20H15BrF5N5O2/c1-10(30-19(33)11-4-12(20(24,25)26)6-13(21)5-11)17-18(28-3-2-27-17)14-8-31(9-15(22)23)16(32)7-29-14/h2-8,10,15H,9H2,1H3,(H,30,33). The van der Waals surface area contributed by atoms with Gasteiger partial charge in [-0.05, 0) is 25.1 Å². The number of alkyl halides is 5. The van der Waals surface area contributed by atoms with E-state index in [9.17, 15) is 31.5 Å². The van der Waals surface area contributed by atoms with E-state index >= 15 is 0 Å². The van der Waals surface area contributed by atoms with E-state index in [1.165, 1.54) is 25.4 Å². The molecular weight excluding hydrogens is 517 g/mol. The third kappa shape index (κ3) is 5.97. The zero-order chi connectivity index (χ0) is 24.3. The van der Waals surface area contributed by atoms with Gasteiger partial charge >= 0.3 is 6.18 Å². The molecule has 1 N–H and O–H groups in total.